The maximum Gasteiger partial charge on any atom is 0.130 e. The van der Waals surface area contributed by atoms with Gasteiger partial charge in [0.2, 0.25) is 0 Å². The molecule has 2 heterocycles. The number of hydrogen-bond acceptors (Lipinski definition) is 6. The third kappa shape index (κ3) is 2.76. The fourth-order valence-corrected chi connectivity index (χ4v) is 2.48. The molecule has 0 aromatic carbocycles. The number of nitrogens with one attached hydrogen (secondary N) is 1. The molecule has 1 N–H and O–H groups in total. The first-order chi connectivity index (χ1) is 7.55. The van der Waals surface area contributed by atoms with E-state index in [0.29, 0.717) is 0 Å². The molecular weight excluding hydrogens is 240 g/mol. The van der Waals surface area contributed by atoms with E-state index < -0.39 is 0 Å². The van der Waals surface area contributed by atoms with E-state index in [2.05, 4.69) is 46.0 Å². The van der Waals surface area contributed by atoms with Crippen LogP contribution in [0.2, 0.25) is 0 Å². The first kappa shape index (κ1) is 11.5. The smallest absolute Gasteiger partial charge is 0.130 e. The van der Waals surface area contributed by atoms with Gasteiger partial charge in [-0.05, 0) is 0 Å². The summed E-state index contributed by atoms with van der Waals surface area (Å²) in [6, 6.07) is 0. The monoisotopic (exact) mass is 254 g/mol. The van der Waals surface area contributed by atoms with E-state index >= 15 is 0 Å². The minimum Gasteiger partial charge on any atom is -0.369 e. The Labute approximate surface area is 103 Å². The highest BCUT2D eigenvalue weighted by molar-refractivity contribution is 7.10. The van der Waals surface area contributed by atoms with Gasteiger partial charge in [-0.1, -0.05) is 25.3 Å². The maximum atomic E-state index is 4.60. The van der Waals surface area contributed by atoms with Crippen LogP contribution in [-0.4, -0.2) is 14.6 Å². The largest absolute Gasteiger partial charge is 0.369 e. The Hall–Kier alpha value is -1.01. The maximum absolute atomic E-state index is 4.60. The molecule has 0 fully saturated rings. The molecule has 0 atom stereocenters. The summed E-state index contributed by atoms with van der Waals surface area (Å²) in [6.07, 6.45) is 1.72. The second-order valence-electron chi connectivity index (χ2n) is 4.53. The van der Waals surface area contributed by atoms with Crippen LogP contribution in [0.3, 0.4) is 0 Å². The van der Waals surface area contributed by atoms with Gasteiger partial charge < -0.3 is 5.32 Å². The third-order valence-corrected chi connectivity index (χ3v) is 3.94. The van der Waals surface area contributed by atoms with Gasteiger partial charge in [0.05, 0.1) is 23.4 Å². The summed E-state index contributed by atoms with van der Waals surface area (Å²) in [4.78, 5) is 4.60. The summed E-state index contributed by atoms with van der Waals surface area (Å²) in [5.74, 6) is 0. The highest BCUT2D eigenvalue weighted by Gasteiger charge is 2.17. The van der Waals surface area contributed by atoms with Crippen LogP contribution < -0.4 is 5.32 Å². The topological polar surface area (TPSA) is 50.7 Å². The zero-order valence-corrected chi connectivity index (χ0v) is 11.2. The van der Waals surface area contributed by atoms with Crippen LogP contribution in [0.5, 0.6) is 0 Å². The van der Waals surface area contributed by atoms with Crippen LogP contribution in [0.15, 0.2) is 11.6 Å². The van der Waals surface area contributed by atoms with E-state index in [4.69, 9.17) is 0 Å². The predicted octanol–water partition coefficient (Wildman–Crippen LogP) is 2.90. The molecule has 0 radical (unpaired) electrons. The average Bonchev–Trinajstić information content (AvgIpc) is 2.85. The molecular formula is C10H14N4S2. The molecule has 0 spiro atoms. The zero-order chi connectivity index (χ0) is 11.6. The first-order valence-corrected chi connectivity index (χ1v) is 6.67. The number of thiazole rings is 1. The number of nitrogens with zero attached hydrogens (tertiary/aromatic N) is 3. The van der Waals surface area contributed by atoms with Crippen LogP contribution in [-0.2, 0) is 12.0 Å². The van der Waals surface area contributed by atoms with Crippen LogP contribution in [0.4, 0.5) is 5.00 Å². The van der Waals surface area contributed by atoms with Gasteiger partial charge in [-0.25, -0.2) is 4.98 Å². The molecule has 6 heteroatoms. The molecule has 0 saturated carbocycles. The third-order valence-electron chi connectivity index (χ3n) is 2.00. The van der Waals surface area contributed by atoms with Crippen LogP contribution in [0, 0.1) is 0 Å². The van der Waals surface area contributed by atoms with Crippen LogP contribution in [0.1, 0.15) is 31.5 Å². The lowest BCUT2D eigenvalue weighted by molar-refractivity contribution is 0.583. The van der Waals surface area contributed by atoms with E-state index in [1.54, 1.807) is 17.5 Å². The number of aromatic nitrogens is 3. The van der Waals surface area contributed by atoms with Gasteiger partial charge in [-0.3, -0.25) is 0 Å². The molecule has 0 unspecified atom stereocenters. The second-order valence-corrected chi connectivity index (χ2v) is 6.17. The Bertz CT molecular complexity index is 442. The van der Waals surface area contributed by atoms with Crippen LogP contribution >= 0.6 is 22.9 Å². The van der Waals surface area contributed by atoms with Gasteiger partial charge >= 0.3 is 0 Å². The molecule has 0 aliphatic heterocycles. The zero-order valence-electron chi connectivity index (χ0n) is 9.52. The molecule has 16 heavy (non-hydrogen) atoms. The van der Waals surface area contributed by atoms with Crippen LogP contribution in [0.25, 0.3) is 0 Å². The molecule has 4 nitrogen and oxygen atoms in total. The fourth-order valence-electron chi connectivity index (χ4n) is 1.16. The van der Waals surface area contributed by atoms with Gasteiger partial charge in [0.25, 0.3) is 0 Å². The van der Waals surface area contributed by atoms with Crippen molar-refractivity contribution in [2.75, 3.05) is 5.32 Å². The number of hydrogen-bond donors (Lipinski definition) is 1. The summed E-state index contributed by atoms with van der Waals surface area (Å²) < 4.78 is 3.79. The number of anilines is 1. The molecule has 0 aliphatic rings. The van der Waals surface area contributed by atoms with E-state index in [0.717, 1.165) is 17.2 Å². The summed E-state index contributed by atoms with van der Waals surface area (Å²) in [5, 5.41) is 11.3. The number of rotatable bonds is 3. The molecule has 0 amide bonds. The predicted molar refractivity (Wildman–Crippen MR) is 68.0 cm³/mol. The summed E-state index contributed by atoms with van der Waals surface area (Å²) in [6.45, 7) is 7.26. The van der Waals surface area contributed by atoms with Crippen molar-refractivity contribution in [3.63, 3.8) is 0 Å². The highest BCUT2D eigenvalue weighted by atomic mass is 32.1. The van der Waals surface area contributed by atoms with Crippen molar-refractivity contribution >= 4 is 27.9 Å². The lowest BCUT2D eigenvalue weighted by Crippen LogP contribution is -2.10. The van der Waals surface area contributed by atoms with E-state index in [1.165, 1.54) is 16.5 Å². The summed E-state index contributed by atoms with van der Waals surface area (Å²) in [7, 11) is 0. The second kappa shape index (κ2) is 4.47. The van der Waals surface area contributed by atoms with E-state index in [1.807, 2.05) is 0 Å². The normalized spacial score (nSPS) is 11.7. The SMILES string of the molecule is CC(C)(C)c1nc(CNc2cnns2)cs1. The van der Waals surface area contributed by atoms with Crippen molar-refractivity contribution in [3.8, 4) is 0 Å². The van der Waals surface area contributed by atoms with Gasteiger partial charge in [0, 0.05) is 22.3 Å². The Kier molecular flexibility index (Phi) is 3.20. The van der Waals surface area contributed by atoms with E-state index in [9.17, 15) is 0 Å². The molecule has 86 valence electrons. The van der Waals surface area contributed by atoms with Crippen molar-refractivity contribution < 1.29 is 0 Å². The summed E-state index contributed by atoms with van der Waals surface area (Å²) >= 11 is 3.07. The Morgan fingerprint density at radius 2 is 2.19 bits per heavy atom. The van der Waals surface area contributed by atoms with Crippen molar-refractivity contribution in [3.05, 3.63) is 22.3 Å². The van der Waals surface area contributed by atoms with Crippen molar-refractivity contribution in [1.82, 2.24) is 14.6 Å². The first-order valence-electron chi connectivity index (χ1n) is 5.02. The quantitative estimate of drug-likeness (QED) is 0.915. The summed E-state index contributed by atoms with van der Waals surface area (Å²) in [5.41, 5.74) is 1.21. The molecule has 0 bridgehead atoms. The molecule has 2 aromatic heterocycles. The lowest BCUT2D eigenvalue weighted by atomic mass is 9.98. The average molecular weight is 254 g/mol. The van der Waals surface area contributed by atoms with Gasteiger partial charge in [0.15, 0.2) is 0 Å². The molecule has 2 aromatic rings. The van der Waals surface area contributed by atoms with Crippen molar-refractivity contribution in [1.29, 1.82) is 0 Å². The minimum absolute atomic E-state index is 0.134. The Morgan fingerprint density at radius 1 is 1.38 bits per heavy atom. The van der Waals surface area contributed by atoms with E-state index in [-0.39, 0.29) is 5.41 Å². The molecule has 0 aliphatic carbocycles. The molecule has 0 saturated heterocycles. The van der Waals surface area contributed by atoms with Gasteiger partial charge in [-0.2, -0.15) is 0 Å². The van der Waals surface area contributed by atoms with Crippen molar-refractivity contribution in [2.45, 2.75) is 32.7 Å². The Morgan fingerprint density at radius 3 is 2.75 bits per heavy atom. The Balaban J connectivity index is 1.98. The van der Waals surface area contributed by atoms with Gasteiger partial charge in [-0.15, -0.1) is 16.4 Å². The van der Waals surface area contributed by atoms with Crippen molar-refractivity contribution in [2.24, 2.45) is 0 Å². The standard InChI is InChI=1S/C10H14N4S2/c1-10(2,3)9-13-7(6-15-9)4-11-8-5-12-14-16-8/h5-6,11H,4H2,1-3H3. The highest BCUT2D eigenvalue weighted by Crippen LogP contribution is 2.25. The molecule has 2 rings (SSSR count). The lowest BCUT2D eigenvalue weighted by Gasteiger charge is -2.13. The fraction of sp³-hybridized carbons (Fsp3) is 0.500. The minimum atomic E-state index is 0.134. The van der Waals surface area contributed by atoms with Gasteiger partial charge in [0.1, 0.15) is 5.00 Å².